The molecule has 2 aliphatic rings. The molecule has 30 heavy (non-hydrogen) atoms. The van der Waals surface area contributed by atoms with Crippen molar-refractivity contribution in [2.45, 2.75) is 38.6 Å². The van der Waals surface area contributed by atoms with Crippen molar-refractivity contribution in [2.24, 2.45) is 11.7 Å². The van der Waals surface area contributed by atoms with E-state index in [1.54, 1.807) is 35.9 Å². The Morgan fingerprint density at radius 2 is 1.90 bits per heavy atom. The summed E-state index contributed by atoms with van der Waals surface area (Å²) in [6.45, 7) is 4.86. The monoisotopic (exact) mass is 416 g/mol. The molecule has 3 N–H and O–H groups in total. The first kappa shape index (κ1) is 21.7. The highest BCUT2D eigenvalue weighted by Gasteiger charge is 2.31. The summed E-state index contributed by atoms with van der Waals surface area (Å²) >= 11 is 0. The Morgan fingerprint density at radius 1 is 1.23 bits per heavy atom. The number of carbonyl (C=O) groups excluding carboxylic acids is 3. The molecule has 1 atom stereocenters. The first-order valence-electron chi connectivity index (χ1n) is 10.1. The molecule has 1 saturated heterocycles. The number of hydrogen-bond donors (Lipinski definition) is 2. The Hall–Kier alpha value is -3.01. The molecule has 0 spiro atoms. The lowest BCUT2D eigenvalue weighted by Gasteiger charge is -2.37. The Balaban J connectivity index is 1.58. The molecular formula is C20H28N6O4. The molecule has 3 amide bonds. The predicted octanol–water partition coefficient (Wildman–Crippen LogP) is 0.497. The van der Waals surface area contributed by atoms with Crippen LogP contribution in [0.2, 0.25) is 0 Å². The van der Waals surface area contributed by atoms with Gasteiger partial charge in [-0.05, 0) is 39.2 Å². The number of piperazine rings is 1. The van der Waals surface area contributed by atoms with E-state index in [4.69, 9.17) is 5.73 Å². The molecule has 10 nitrogen and oxygen atoms in total. The first-order chi connectivity index (χ1) is 14.2. The van der Waals surface area contributed by atoms with Gasteiger partial charge in [0.15, 0.2) is 0 Å². The van der Waals surface area contributed by atoms with Crippen molar-refractivity contribution >= 4 is 29.7 Å². The summed E-state index contributed by atoms with van der Waals surface area (Å²) in [4.78, 5) is 55.2. The van der Waals surface area contributed by atoms with Crippen molar-refractivity contribution in [2.75, 3.05) is 31.5 Å². The van der Waals surface area contributed by atoms with Crippen LogP contribution < -0.4 is 16.7 Å². The number of nitrogens with zero attached hydrogens (tertiary/aromatic N) is 4. The minimum absolute atomic E-state index is 0.00246. The van der Waals surface area contributed by atoms with E-state index < -0.39 is 11.2 Å². The molecule has 10 heteroatoms. The van der Waals surface area contributed by atoms with E-state index in [0.717, 1.165) is 12.0 Å². The highest BCUT2D eigenvalue weighted by atomic mass is 16.2. The topological polar surface area (TPSA) is 131 Å². The maximum absolute atomic E-state index is 12.5. The van der Waals surface area contributed by atoms with Crippen molar-refractivity contribution in [1.29, 1.82) is 0 Å². The first-order valence-corrected chi connectivity index (χ1v) is 10.1. The Morgan fingerprint density at radius 3 is 2.43 bits per heavy atom. The van der Waals surface area contributed by atoms with Gasteiger partial charge in [0.05, 0.1) is 5.54 Å². The van der Waals surface area contributed by atoms with E-state index in [-0.39, 0.29) is 23.7 Å². The number of allylic oxidation sites excluding steroid dienone is 2. The molecule has 2 heterocycles. The molecule has 0 aromatic carbocycles. The summed E-state index contributed by atoms with van der Waals surface area (Å²) in [6.07, 6.45) is 6.35. The lowest BCUT2D eigenvalue weighted by Crippen LogP contribution is -2.58. The number of nitrogens with one attached hydrogen (secondary N) is 1. The van der Waals surface area contributed by atoms with Gasteiger partial charge in [-0.3, -0.25) is 14.7 Å². The van der Waals surface area contributed by atoms with Crippen molar-refractivity contribution in [1.82, 2.24) is 19.4 Å². The maximum Gasteiger partial charge on any atom is 0.353 e. The van der Waals surface area contributed by atoms with E-state index in [1.165, 1.54) is 4.57 Å². The zero-order valence-electron chi connectivity index (χ0n) is 17.3. The van der Waals surface area contributed by atoms with E-state index >= 15 is 0 Å². The van der Waals surface area contributed by atoms with Crippen molar-refractivity contribution in [3.63, 3.8) is 0 Å². The van der Waals surface area contributed by atoms with Crippen molar-refractivity contribution in [3.8, 4) is 0 Å². The average molecular weight is 416 g/mol. The van der Waals surface area contributed by atoms with Crippen LogP contribution in [0.3, 0.4) is 0 Å². The van der Waals surface area contributed by atoms with Crippen LogP contribution in [-0.4, -0.2) is 69.3 Å². The lowest BCUT2D eigenvalue weighted by molar-refractivity contribution is -0.137. The standard InChI is InChI=1S/C20H28N6O4/c1-20(2,21)17(28)24-9-11-25(12-10-24)18(29)22-16-7-8-26(19(30)23-16)15-5-3-14(13-27)4-6-15/h5,7-8,13-14H,3-4,6,9-12,21H2,1-2H3,(H,22,23,29,30). The molecule has 0 radical (unpaired) electrons. The molecule has 1 aliphatic heterocycles. The fourth-order valence-electron chi connectivity index (χ4n) is 3.58. The van der Waals surface area contributed by atoms with Gasteiger partial charge in [-0.15, -0.1) is 0 Å². The normalized spacial score (nSPS) is 19.8. The number of urea groups is 1. The lowest BCUT2D eigenvalue weighted by atomic mass is 9.94. The van der Waals surface area contributed by atoms with Crippen LogP contribution in [0.15, 0.2) is 23.1 Å². The van der Waals surface area contributed by atoms with Gasteiger partial charge in [-0.2, -0.15) is 4.98 Å². The zero-order valence-corrected chi connectivity index (χ0v) is 17.3. The molecule has 1 aromatic heterocycles. The highest BCUT2D eigenvalue weighted by Crippen LogP contribution is 2.24. The number of aromatic nitrogens is 2. The number of nitrogens with two attached hydrogens (primary N) is 1. The third-order valence-electron chi connectivity index (χ3n) is 5.37. The van der Waals surface area contributed by atoms with Gasteiger partial charge in [0.1, 0.15) is 12.1 Å². The van der Waals surface area contributed by atoms with Gasteiger partial charge in [0, 0.05) is 44.0 Å². The maximum atomic E-state index is 12.5. The Labute approximate surface area is 174 Å². The second-order valence-electron chi connectivity index (χ2n) is 8.26. The van der Waals surface area contributed by atoms with Crippen LogP contribution in [0.5, 0.6) is 0 Å². The molecule has 1 aromatic rings. The summed E-state index contributed by atoms with van der Waals surface area (Å²) in [5.74, 6) is 0.0250. The van der Waals surface area contributed by atoms with Crippen LogP contribution in [0, 0.1) is 5.92 Å². The number of anilines is 1. The second-order valence-corrected chi connectivity index (χ2v) is 8.26. The summed E-state index contributed by atoms with van der Waals surface area (Å²) in [5.41, 5.74) is 5.24. The molecule has 3 rings (SSSR count). The van der Waals surface area contributed by atoms with Gasteiger partial charge in [0.2, 0.25) is 5.91 Å². The third kappa shape index (κ3) is 4.93. The number of amides is 3. The third-order valence-corrected chi connectivity index (χ3v) is 5.37. The van der Waals surface area contributed by atoms with Crippen LogP contribution >= 0.6 is 0 Å². The van der Waals surface area contributed by atoms with Crippen LogP contribution in [0.1, 0.15) is 33.1 Å². The van der Waals surface area contributed by atoms with Crippen LogP contribution in [0.4, 0.5) is 10.6 Å². The van der Waals surface area contributed by atoms with E-state index in [2.05, 4.69) is 10.3 Å². The number of hydrogen-bond acceptors (Lipinski definition) is 6. The van der Waals surface area contributed by atoms with Gasteiger partial charge in [-0.1, -0.05) is 6.08 Å². The van der Waals surface area contributed by atoms with Crippen molar-refractivity contribution in [3.05, 3.63) is 28.8 Å². The number of rotatable bonds is 4. The predicted molar refractivity (Wildman–Crippen MR) is 112 cm³/mol. The van der Waals surface area contributed by atoms with Gasteiger partial charge >= 0.3 is 11.7 Å². The highest BCUT2D eigenvalue weighted by molar-refractivity contribution is 5.89. The molecule has 0 saturated carbocycles. The Bertz CT molecular complexity index is 909. The quantitative estimate of drug-likeness (QED) is 0.687. The molecule has 1 fully saturated rings. The van der Waals surface area contributed by atoms with Gasteiger partial charge in [0.25, 0.3) is 0 Å². The van der Waals surface area contributed by atoms with Gasteiger partial charge in [-0.25, -0.2) is 9.59 Å². The second kappa shape index (κ2) is 8.78. The van der Waals surface area contributed by atoms with E-state index in [1.807, 2.05) is 6.08 Å². The number of aldehydes is 1. The van der Waals surface area contributed by atoms with E-state index in [9.17, 15) is 19.2 Å². The fourth-order valence-corrected chi connectivity index (χ4v) is 3.58. The molecule has 0 bridgehead atoms. The smallest absolute Gasteiger partial charge is 0.338 e. The fraction of sp³-hybridized carbons (Fsp3) is 0.550. The van der Waals surface area contributed by atoms with Crippen LogP contribution in [-0.2, 0) is 9.59 Å². The number of carbonyl (C=O) groups is 3. The largest absolute Gasteiger partial charge is 0.353 e. The minimum Gasteiger partial charge on any atom is -0.338 e. The minimum atomic E-state index is -0.944. The summed E-state index contributed by atoms with van der Waals surface area (Å²) < 4.78 is 1.44. The molecular weight excluding hydrogens is 388 g/mol. The molecule has 1 unspecified atom stereocenters. The molecule has 162 valence electrons. The summed E-state index contributed by atoms with van der Waals surface area (Å²) in [7, 11) is 0. The summed E-state index contributed by atoms with van der Waals surface area (Å²) in [5, 5.41) is 2.64. The average Bonchev–Trinajstić information content (AvgIpc) is 2.73. The van der Waals surface area contributed by atoms with Crippen molar-refractivity contribution < 1.29 is 14.4 Å². The zero-order chi connectivity index (χ0) is 21.9. The Kier molecular flexibility index (Phi) is 6.35. The summed E-state index contributed by atoms with van der Waals surface area (Å²) in [6, 6.07) is 1.20. The SMILES string of the molecule is CC(C)(N)C(=O)N1CCN(C(=O)Nc2ccn(C3=CCC(C=O)CC3)c(=O)n2)CC1. The van der Waals surface area contributed by atoms with Crippen LogP contribution in [0.25, 0.3) is 5.70 Å². The van der Waals surface area contributed by atoms with Gasteiger partial charge < -0.3 is 20.3 Å². The van der Waals surface area contributed by atoms with E-state index in [0.29, 0.717) is 45.4 Å². The molecule has 1 aliphatic carbocycles.